The van der Waals surface area contributed by atoms with Crippen LogP contribution >= 0.6 is 34.8 Å². The van der Waals surface area contributed by atoms with Crippen LogP contribution in [-0.4, -0.2) is 23.3 Å². The number of rotatable bonds is 5. The Bertz CT molecular complexity index is 999. The van der Waals surface area contributed by atoms with E-state index in [4.69, 9.17) is 34.8 Å². The lowest BCUT2D eigenvalue weighted by Crippen LogP contribution is -2.35. The highest BCUT2D eigenvalue weighted by atomic mass is 35.5. The summed E-state index contributed by atoms with van der Waals surface area (Å²) in [6.45, 7) is 6.05. The van der Waals surface area contributed by atoms with Crippen LogP contribution in [0.3, 0.4) is 0 Å². The number of hydrogen-bond donors (Lipinski definition) is 1. The van der Waals surface area contributed by atoms with Gasteiger partial charge in [-0.15, -0.1) is 0 Å². The van der Waals surface area contributed by atoms with Crippen molar-refractivity contribution in [2.24, 2.45) is 5.92 Å². The largest absolute Gasteiger partial charge is 0.350 e. The van der Waals surface area contributed by atoms with Crippen molar-refractivity contribution in [3.63, 3.8) is 0 Å². The van der Waals surface area contributed by atoms with E-state index >= 15 is 0 Å². The van der Waals surface area contributed by atoms with E-state index < -0.39 is 0 Å². The third-order valence-corrected chi connectivity index (χ3v) is 5.40. The Kier molecular flexibility index (Phi) is 6.04. The van der Waals surface area contributed by atoms with Gasteiger partial charge in [-0.05, 0) is 42.7 Å². The van der Waals surface area contributed by atoms with Gasteiger partial charge in [0.1, 0.15) is 5.70 Å². The highest BCUT2D eigenvalue weighted by Gasteiger charge is 2.40. The van der Waals surface area contributed by atoms with Gasteiger partial charge in [-0.25, -0.2) is 0 Å². The van der Waals surface area contributed by atoms with E-state index in [1.807, 2.05) is 20.8 Å². The molecule has 1 N–H and O–H groups in total. The number of nitrogens with one attached hydrogen (secondary N) is 1. The van der Waals surface area contributed by atoms with E-state index in [0.29, 0.717) is 32.9 Å². The summed E-state index contributed by atoms with van der Waals surface area (Å²) in [6, 6.07) is 10.2. The molecule has 2 aromatic rings. The summed E-state index contributed by atoms with van der Waals surface area (Å²) in [4.78, 5) is 27.5. The van der Waals surface area contributed by atoms with Gasteiger partial charge in [-0.2, -0.15) is 0 Å². The number of carbonyl (C=O) groups is 2. The Morgan fingerprint density at radius 2 is 1.71 bits per heavy atom. The average Bonchev–Trinajstić information content (AvgIpc) is 2.83. The van der Waals surface area contributed by atoms with Gasteiger partial charge in [0.05, 0.1) is 10.6 Å². The Balaban J connectivity index is 2.15. The van der Waals surface area contributed by atoms with Crippen LogP contribution in [0.15, 0.2) is 42.1 Å². The molecule has 0 saturated carbocycles. The number of hydrogen-bond acceptors (Lipinski definition) is 3. The van der Waals surface area contributed by atoms with E-state index in [1.165, 1.54) is 4.90 Å². The predicted molar refractivity (Wildman–Crippen MR) is 115 cm³/mol. The van der Waals surface area contributed by atoms with Crippen molar-refractivity contribution in [2.45, 2.75) is 20.8 Å². The van der Waals surface area contributed by atoms with Gasteiger partial charge in [-0.1, -0.05) is 60.8 Å². The summed E-state index contributed by atoms with van der Waals surface area (Å²) in [7, 11) is 0. The zero-order valence-electron chi connectivity index (χ0n) is 15.6. The van der Waals surface area contributed by atoms with Gasteiger partial charge in [0.2, 0.25) is 0 Å². The SMILES string of the molecule is Cc1c(Cl)cccc1NC1=C(c2ccc(Cl)cc2Cl)C(=O)N(CC(C)C)C1=O. The molecule has 1 aliphatic rings. The van der Waals surface area contributed by atoms with Crippen molar-refractivity contribution in [2.75, 3.05) is 11.9 Å². The summed E-state index contributed by atoms with van der Waals surface area (Å²) < 4.78 is 0. The van der Waals surface area contributed by atoms with Gasteiger partial charge >= 0.3 is 0 Å². The second-order valence-corrected chi connectivity index (χ2v) is 8.28. The van der Waals surface area contributed by atoms with E-state index in [2.05, 4.69) is 5.32 Å². The molecular formula is C21H19Cl3N2O2. The lowest BCUT2D eigenvalue weighted by Gasteiger charge is -2.17. The van der Waals surface area contributed by atoms with Crippen LogP contribution < -0.4 is 5.32 Å². The van der Waals surface area contributed by atoms with Crippen molar-refractivity contribution >= 4 is 57.9 Å². The monoisotopic (exact) mass is 436 g/mol. The maximum atomic E-state index is 13.1. The molecule has 1 heterocycles. The predicted octanol–water partition coefficient (Wildman–Crippen LogP) is 5.80. The van der Waals surface area contributed by atoms with Crippen molar-refractivity contribution in [1.82, 2.24) is 4.90 Å². The first-order chi connectivity index (χ1) is 13.2. The van der Waals surface area contributed by atoms with Crippen LogP contribution in [-0.2, 0) is 9.59 Å². The summed E-state index contributed by atoms with van der Waals surface area (Å²) in [5, 5.41) is 4.43. The molecule has 0 aromatic heterocycles. The Hall–Kier alpha value is -2.01. The fourth-order valence-electron chi connectivity index (χ4n) is 3.04. The number of nitrogens with zero attached hydrogens (tertiary/aromatic N) is 1. The van der Waals surface area contributed by atoms with E-state index in [1.54, 1.807) is 36.4 Å². The number of anilines is 1. The first kappa shape index (κ1) is 20.7. The van der Waals surface area contributed by atoms with Gasteiger partial charge in [0.25, 0.3) is 11.8 Å². The smallest absolute Gasteiger partial charge is 0.278 e. The van der Waals surface area contributed by atoms with Gasteiger partial charge in [0, 0.05) is 27.8 Å². The van der Waals surface area contributed by atoms with Crippen LogP contribution in [0.5, 0.6) is 0 Å². The van der Waals surface area contributed by atoms with Gasteiger partial charge in [-0.3, -0.25) is 14.5 Å². The highest BCUT2D eigenvalue weighted by Crippen LogP contribution is 2.36. The van der Waals surface area contributed by atoms with Crippen LogP contribution in [0.1, 0.15) is 25.0 Å². The molecule has 0 atom stereocenters. The second kappa shape index (κ2) is 8.16. The Morgan fingerprint density at radius 3 is 2.36 bits per heavy atom. The zero-order valence-corrected chi connectivity index (χ0v) is 17.9. The number of imide groups is 1. The summed E-state index contributed by atoms with van der Waals surface area (Å²) in [5.74, 6) is -0.647. The molecule has 0 fully saturated rings. The Morgan fingerprint density at radius 1 is 1.00 bits per heavy atom. The van der Waals surface area contributed by atoms with Gasteiger partial charge < -0.3 is 5.32 Å². The van der Waals surface area contributed by atoms with E-state index in [9.17, 15) is 9.59 Å². The molecule has 7 heteroatoms. The molecule has 0 spiro atoms. The minimum Gasteiger partial charge on any atom is -0.350 e. The minimum atomic E-state index is -0.390. The molecular weight excluding hydrogens is 419 g/mol. The molecule has 0 bridgehead atoms. The van der Waals surface area contributed by atoms with Crippen molar-refractivity contribution in [3.8, 4) is 0 Å². The molecule has 2 aromatic carbocycles. The number of benzene rings is 2. The normalized spacial score (nSPS) is 14.5. The highest BCUT2D eigenvalue weighted by molar-refractivity contribution is 6.41. The van der Waals surface area contributed by atoms with E-state index in [0.717, 1.165) is 5.56 Å². The summed E-state index contributed by atoms with van der Waals surface area (Å²) >= 11 is 18.6. The number of amides is 2. The molecule has 2 amide bonds. The first-order valence-corrected chi connectivity index (χ1v) is 9.92. The lowest BCUT2D eigenvalue weighted by atomic mass is 10.0. The van der Waals surface area contributed by atoms with Crippen LogP contribution in [0.25, 0.3) is 5.57 Å². The third kappa shape index (κ3) is 3.90. The molecule has 0 unspecified atom stereocenters. The quantitative estimate of drug-likeness (QED) is 0.601. The average molecular weight is 438 g/mol. The van der Waals surface area contributed by atoms with Gasteiger partial charge in [0.15, 0.2) is 0 Å². The maximum absolute atomic E-state index is 13.1. The minimum absolute atomic E-state index is 0.127. The molecule has 28 heavy (non-hydrogen) atoms. The molecule has 146 valence electrons. The topological polar surface area (TPSA) is 49.4 Å². The number of carbonyl (C=O) groups excluding carboxylic acids is 2. The third-order valence-electron chi connectivity index (χ3n) is 4.44. The standard InChI is InChI=1S/C21H19Cl3N2O2/c1-11(2)10-26-20(27)18(14-8-7-13(22)9-16(14)24)19(21(26)28)25-17-6-4-5-15(23)12(17)3/h4-9,11,25H,10H2,1-3H3. The molecule has 4 nitrogen and oxygen atoms in total. The lowest BCUT2D eigenvalue weighted by molar-refractivity contribution is -0.137. The number of halogens is 3. The van der Waals surface area contributed by atoms with Crippen molar-refractivity contribution in [3.05, 3.63) is 68.3 Å². The molecule has 3 rings (SSSR count). The first-order valence-electron chi connectivity index (χ1n) is 8.78. The fraction of sp³-hybridized carbons (Fsp3) is 0.238. The molecule has 0 aliphatic carbocycles. The second-order valence-electron chi connectivity index (χ2n) is 7.03. The van der Waals surface area contributed by atoms with Crippen LogP contribution in [0.4, 0.5) is 5.69 Å². The zero-order chi connectivity index (χ0) is 20.6. The summed E-state index contributed by atoms with van der Waals surface area (Å²) in [5.41, 5.74) is 2.29. The van der Waals surface area contributed by atoms with Crippen LogP contribution in [0.2, 0.25) is 15.1 Å². The molecule has 1 aliphatic heterocycles. The summed E-state index contributed by atoms with van der Waals surface area (Å²) in [6.07, 6.45) is 0. The van der Waals surface area contributed by atoms with Crippen molar-refractivity contribution in [1.29, 1.82) is 0 Å². The molecule has 0 radical (unpaired) electrons. The maximum Gasteiger partial charge on any atom is 0.278 e. The Labute approximate surface area is 179 Å². The van der Waals surface area contributed by atoms with E-state index in [-0.39, 0.29) is 29.0 Å². The van der Waals surface area contributed by atoms with Crippen LogP contribution in [0, 0.1) is 12.8 Å². The molecule has 0 saturated heterocycles. The van der Waals surface area contributed by atoms with Crippen molar-refractivity contribution < 1.29 is 9.59 Å². The fourth-order valence-corrected chi connectivity index (χ4v) is 3.72.